The van der Waals surface area contributed by atoms with Crippen molar-refractivity contribution >= 4 is 11.9 Å². The fraction of sp³-hybridized carbons (Fsp3) is 0.444. The third-order valence-corrected chi connectivity index (χ3v) is 3.49. The molecule has 0 aliphatic heterocycles. The highest BCUT2D eigenvalue weighted by Gasteiger charge is 2.19. The maximum absolute atomic E-state index is 11.9. The van der Waals surface area contributed by atoms with Gasteiger partial charge in [-0.3, -0.25) is 4.79 Å². The van der Waals surface area contributed by atoms with Crippen LogP contribution < -0.4 is 5.32 Å². The summed E-state index contributed by atoms with van der Waals surface area (Å²) >= 11 is 0. The molecule has 2 N–H and O–H groups in total. The molecule has 0 aliphatic carbocycles. The predicted octanol–water partition coefficient (Wildman–Crippen LogP) is 3.33. The number of aliphatic carboxylic acids is 1. The number of rotatable bonds is 11. The lowest BCUT2D eigenvalue weighted by Crippen LogP contribution is -2.41. The quantitative estimate of drug-likeness (QED) is 0.487. The van der Waals surface area contributed by atoms with Gasteiger partial charge in [0.25, 0.3) is 0 Å². The number of carbonyl (C=O) groups excluding carboxylic acids is 1. The highest BCUT2D eigenvalue weighted by atomic mass is 16.4. The summed E-state index contributed by atoms with van der Waals surface area (Å²) in [5.74, 6) is -1.21. The van der Waals surface area contributed by atoms with Gasteiger partial charge in [-0.1, -0.05) is 55.7 Å². The minimum atomic E-state index is -0.965. The molecule has 0 radical (unpaired) electrons. The molecule has 0 unspecified atom stereocenters. The zero-order valence-corrected chi connectivity index (χ0v) is 13.0. The Balaban J connectivity index is 2.32. The predicted molar refractivity (Wildman–Crippen MR) is 87.6 cm³/mol. The first-order valence-corrected chi connectivity index (χ1v) is 7.80. The molecule has 0 saturated heterocycles. The molecule has 0 heterocycles. The second-order valence-electron chi connectivity index (χ2n) is 5.40. The smallest absolute Gasteiger partial charge is 0.326 e. The number of nitrogens with one attached hydrogen (secondary N) is 1. The van der Waals surface area contributed by atoms with Crippen LogP contribution in [0.25, 0.3) is 0 Å². The number of amides is 1. The van der Waals surface area contributed by atoms with Gasteiger partial charge >= 0.3 is 5.97 Å². The zero-order valence-electron chi connectivity index (χ0n) is 13.0. The molecule has 0 aliphatic rings. The Morgan fingerprint density at radius 1 is 1.14 bits per heavy atom. The van der Waals surface area contributed by atoms with Crippen LogP contribution in [0.15, 0.2) is 43.0 Å². The van der Waals surface area contributed by atoms with E-state index < -0.39 is 12.0 Å². The summed E-state index contributed by atoms with van der Waals surface area (Å²) in [6.45, 7) is 3.67. The van der Waals surface area contributed by atoms with Gasteiger partial charge in [0.15, 0.2) is 0 Å². The van der Waals surface area contributed by atoms with E-state index in [2.05, 4.69) is 11.9 Å². The van der Waals surface area contributed by atoms with Gasteiger partial charge in [0.1, 0.15) is 6.04 Å². The normalized spacial score (nSPS) is 11.6. The van der Waals surface area contributed by atoms with Gasteiger partial charge in [-0.2, -0.15) is 0 Å². The van der Waals surface area contributed by atoms with Crippen molar-refractivity contribution in [3.05, 3.63) is 48.6 Å². The first-order valence-electron chi connectivity index (χ1n) is 7.80. The fourth-order valence-electron chi connectivity index (χ4n) is 2.27. The van der Waals surface area contributed by atoms with Gasteiger partial charge < -0.3 is 10.4 Å². The topological polar surface area (TPSA) is 66.4 Å². The van der Waals surface area contributed by atoms with Crippen LogP contribution in [0.5, 0.6) is 0 Å². The van der Waals surface area contributed by atoms with E-state index in [9.17, 15) is 14.7 Å². The number of hydrogen-bond acceptors (Lipinski definition) is 2. The number of allylic oxidation sites excluding steroid dienone is 1. The standard InChI is InChI=1S/C18H25NO3/c1-2-3-4-5-6-10-13-16(18(21)22)19-17(20)14-15-11-8-7-9-12-15/h2,7-9,11-12,16H,1,3-6,10,13-14H2,(H,19,20)(H,21,22)/t16-/m1/s1. The van der Waals surface area contributed by atoms with E-state index in [0.29, 0.717) is 6.42 Å². The van der Waals surface area contributed by atoms with E-state index in [0.717, 1.165) is 37.7 Å². The molecule has 0 spiro atoms. The molecule has 0 saturated carbocycles. The Morgan fingerprint density at radius 2 is 1.82 bits per heavy atom. The second-order valence-corrected chi connectivity index (χ2v) is 5.40. The number of hydrogen-bond donors (Lipinski definition) is 2. The molecule has 0 bridgehead atoms. The molecule has 1 aromatic carbocycles. The summed E-state index contributed by atoms with van der Waals surface area (Å²) in [6, 6.07) is 8.52. The summed E-state index contributed by atoms with van der Waals surface area (Å²) in [5.41, 5.74) is 0.883. The maximum atomic E-state index is 11.9. The summed E-state index contributed by atoms with van der Waals surface area (Å²) < 4.78 is 0. The van der Waals surface area contributed by atoms with Crippen molar-refractivity contribution in [2.75, 3.05) is 0 Å². The van der Waals surface area contributed by atoms with Crippen LogP contribution in [-0.2, 0) is 16.0 Å². The van der Waals surface area contributed by atoms with Gasteiger partial charge in [0.2, 0.25) is 5.91 Å². The van der Waals surface area contributed by atoms with E-state index >= 15 is 0 Å². The SMILES string of the molecule is C=CCCCCCC[C@@H](NC(=O)Cc1ccccc1)C(=O)O. The second kappa shape index (κ2) is 10.6. The summed E-state index contributed by atoms with van der Waals surface area (Å²) in [7, 11) is 0. The Bertz CT molecular complexity index is 470. The van der Waals surface area contributed by atoms with Crippen molar-refractivity contribution in [3.8, 4) is 0 Å². The van der Waals surface area contributed by atoms with Crippen LogP contribution in [0.4, 0.5) is 0 Å². The summed E-state index contributed by atoms with van der Waals surface area (Å²) in [6.07, 6.45) is 7.51. The third kappa shape index (κ3) is 7.62. The van der Waals surface area contributed by atoms with Crippen LogP contribution in [0, 0.1) is 0 Å². The molecule has 120 valence electrons. The largest absolute Gasteiger partial charge is 0.480 e. The average Bonchev–Trinajstić information content (AvgIpc) is 2.50. The van der Waals surface area contributed by atoms with Crippen LogP contribution in [-0.4, -0.2) is 23.0 Å². The minimum absolute atomic E-state index is 0.212. The third-order valence-electron chi connectivity index (χ3n) is 3.49. The Kier molecular flexibility index (Phi) is 8.65. The lowest BCUT2D eigenvalue weighted by molar-refractivity contribution is -0.142. The lowest BCUT2D eigenvalue weighted by atomic mass is 10.1. The molecule has 1 amide bonds. The number of benzene rings is 1. The molecule has 1 rings (SSSR count). The Labute approximate surface area is 132 Å². The van der Waals surface area contributed by atoms with Gasteiger partial charge in [-0.15, -0.1) is 6.58 Å². The number of carbonyl (C=O) groups is 2. The maximum Gasteiger partial charge on any atom is 0.326 e. The van der Waals surface area contributed by atoms with Gasteiger partial charge in [0.05, 0.1) is 6.42 Å². The molecule has 1 atom stereocenters. The van der Waals surface area contributed by atoms with E-state index in [1.807, 2.05) is 36.4 Å². The van der Waals surface area contributed by atoms with E-state index in [-0.39, 0.29) is 12.3 Å². The lowest BCUT2D eigenvalue weighted by Gasteiger charge is -2.14. The number of unbranched alkanes of at least 4 members (excludes halogenated alkanes) is 4. The van der Waals surface area contributed by atoms with Crippen molar-refractivity contribution in [2.45, 2.75) is 51.0 Å². The number of carboxylic acids is 1. The molecule has 4 nitrogen and oxygen atoms in total. The first-order chi connectivity index (χ1) is 10.6. The van der Waals surface area contributed by atoms with Crippen LogP contribution >= 0.6 is 0 Å². The van der Waals surface area contributed by atoms with Crippen LogP contribution in [0.1, 0.15) is 44.1 Å². The summed E-state index contributed by atoms with van der Waals surface area (Å²) in [4.78, 5) is 23.1. The van der Waals surface area contributed by atoms with Gasteiger partial charge in [-0.05, 0) is 24.8 Å². The van der Waals surface area contributed by atoms with Crippen molar-refractivity contribution in [1.82, 2.24) is 5.32 Å². The molecule has 0 aromatic heterocycles. The summed E-state index contributed by atoms with van der Waals surface area (Å²) in [5, 5.41) is 11.8. The fourth-order valence-corrected chi connectivity index (χ4v) is 2.27. The molecule has 4 heteroatoms. The van der Waals surface area contributed by atoms with E-state index in [4.69, 9.17) is 0 Å². The molecule has 0 fully saturated rings. The molecular formula is C18H25NO3. The van der Waals surface area contributed by atoms with E-state index in [1.54, 1.807) is 0 Å². The minimum Gasteiger partial charge on any atom is -0.480 e. The average molecular weight is 303 g/mol. The van der Waals surface area contributed by atoms with Crippen molar-refractivity contribution in [2.24, 2.45) is 0 Å². The molecular weight excluding hydrogens is 278 g/mol. The molecule has 1 aromatic rings. The van der Waals surface area contributed by atoms with Crippen LogP contribution in [0.3, 0.4) is 0 Å². The van der Waals surface area contributed by atoms with Gasteiger partial charge in [-0.25, -0.2) is 4.79 Å². The first kappa shape index (κ1) is 18.0. The Morgan fingerprint density at radius 3 is 2.45 bits per heavy atom. The van der Waals surface area contributed by atoms with Crippen molar-refractivity contribution in [1.29, 1.82) is 0 Å². The van der Waals surface area contributed by atoms with Gasteiger partial charge in [0, 0.05) is 0 Å². The van der Waals surface area contributed by atoms with Crippen LogP contribution in [0.2, 0.25) is 0 Å². The van der Waals surface area contributed by atoms with Crippen molar-refractivity contribution in [3.63, 3.8) is 0 Å². The highest BCUT2D eigenvalue weighted by Crippen LogP contribution is 2.08. The zero-order chi connectivity index (χ0) is 16.2. The number of carboxylic acid groups (broad SMARTS) is 1. The molecule has 22 heavy (non-hydrogen) atoms. The van der Waals surface area contributed by atoms with Crippen molar-refractivity contribution < 1.29 is 14.7 Å². The monoisotopic (exact) mass is 303 g/mol. The highest BCUT2D eigenvalue weighted by molar-refractivity contribution is 5.84. The Hall–Kier alpha value is -2.10. The van der Waals surface area contributed by atoms with E-state index in [1.165, 1.54) is 0 Å².